The maximum Gasteiger partial charge on any atom is 0.393 e. The molecule has 5 nitrogen and oxygen atoms in total. The van der Waals surface area contributed by atoms with Crippen LogP contribution in [-0.4, -0.2) is 59.6 Å². The van der Waals surface area contributed by atoms with Crippen molar-refractivity contribution in [2.75, 3.05) is 32.0 Å². The van der Waals surface area contributed by atoms with Gasteiger partial charge in [-0.25, -0.2) is 8.91 Å². The maximum absolute atomic E-state index is 14.3. The Labute approximate surface area is 178 Å². The number of nitrogens with one attached hydrogen (secondary N) is 1. The largest absolute Gasteiger partial charge is 0.393 e. The number of likely N-dealkylation sites (tertiary alicyclic amines) is 1. The molecule has 2 atom stereocenters. The Balaban J connectivity index is 0.00000210. The maximum atomic E-state index is 14.3. The fourth-order valence-corrected chi connectivity index (χ4v) is 3.25. The number of alkyl halides is 4. The van der Waals surface area contributed by atoms with E-state index >= 15 is 0 Å². The third kappa shape index (κ3) is 6.12. The van der Waals surface area contributed by atoms with Crippen LogP contribution in [0.4, 0.5) is 23.4 Å². The van der Waals surface area contributed by atoms with Gasteiger partial charge in [-0.3, -0.25) is 0 Å². The molecule has 1 saturated heterocycles. The quantitative estimate of drug-likeness (QED) is 0.551. The van der Waals surface area contributed by atoms with Crippen LogP contribution in [0.15, 0.2) is 18.2 Å². The fourth-order valence-electron chi connectivity index (χ4n) is 3.25. The Morgan fingerprint density at radius 3 is 2.66 bits per heavy atom. The second-order valence-corrected chi connectivity index (χ2v) is 6.65. The summed E-state index contributed by atoms with van der Waals surface area (Å²) in [6, 6.07) is 4.42. The Morgan fingerprint density at radius 1 is 1.31 bits per heavy atom. The zero-order chi connectivity index (χ0) is 19.6. The molecule has 2 aromatic rings. The lowest BCUT2D eigenvalue weighted by molar-refractivity contribution is -0.127. The number of rotatable bonds is 3. The molecular formula is C18H23Cl2F4N5. The first-order chi connectivity index (χ1) is 12.8. The molecule has 0 aliphatic carbocycles. The van der Waals surface area contributed by atoms with E-state index in [2.05, 4.69) is 22.3 Å². The molecule has 1 aliphatic rings. The molecule has 0 aromatic carbocycles. The van der Waals surface area contributed by atoms with Crippen molar-refractivity contribution in [2.45, 2.75) is 31.2 Å². The van der Waals surface area contributed by atoms with Crippen LogP contribution in [0.5, 0.6) is 0 Å². The van der Waals surface area contributed by atoms with Gasteiger partial charge in [0.2, 0.25) is 0 Å². The highest BCUT2D eigenvalue weighted by Crippen LogP contribution is 2.28. The summed E-state index contributed by atoms with van der Waals surface area (Å²) in [5.41, 5.74) is 5.66. The summed E-state index contributed by atoms with van der Waals surface area (Å²) in [4.78, 5) is 1.90. The molecule has 162 valence electrons. The lowest BCUT2D eigenvalue weighted by Crippen LogP contribution is -2.46. The van der Waals surface area contributed by atoms with Gasteiger partial charge in [0.25, 0.3) is 0 Å². The number of nitrogens with zero attached hydrogens (tertiary/aromatic N) is 3. The molecular weight excluding hydrogens is 433 g/mol. The van der Waals surface area contributed by atoms with Crippen LogP contribution in [-0.2, 0) is 6.42 Å². The minimum atomic E-state index is -4.40. The van der Waals surface area contributed by atoms with Gasteiger partial charge < -0.3 is 16.0 Å². The van der Waals surface area contributed by atoms with Crippen LogP contribution in [0, 0.1) is 11.8 Å². The molecule has 0 spiro atoms. The van der Waals surface area contributed by atoms with Gasteiger partial charge >= 0.3 is 6.18 Å². The predicted molar refractivity (Wildman–Crippen MR) is 110 cm³/mol. The van der Waals surface area contributed by atoms with Gasteiger partial charge in [0.1, 0.15) is 17.7 Å². The standard InChI is InChI=1S/C18H21F4N5.2ClH/c1-26-9-7-15(13(19)11-26)24-17-6-2-5-16-12(10-18(20,21)22)14(4-3-8-23)25-27(16)17;;/h2,5-6,13,15,24H,7-11,23H2,1H3;2*1H/t13-,15+;;/m0../s1. The van der Waals surface area contributed by atoms with Gasteiger partial charge in [-0.05, 0) is 31.5 Å². The topological polar surface area (TPSA) is 58.6 Å². The van der Waals surface area contributed by atoms with E-state index in [0.717, 1.165) is 6.54 Å². The summed E-state index contributed by atoms with van der Waals surface area (Å²) in [6.07, 6.45) is -6.04. The molecule has 1 fully saturated rings. The summed E-state index contributed by atoms with van der Waals surface area (Å²) in [5, 5.41) is 7.33. The lowest BCUT2D eigenvalue weighted by atomic mass is 10.0. The van der Waals surface area contributed by atoms with Gasteiger partial charge in [-0.1, -0.05) is 12.0 Å². The molecule has 29 heavy (non-hydrogen) atoms. The molecule has 0 unspecified atom stereocenters. The van der Waals surface area contributed by atoms with E-state index in [-0.39, 0.29) is 42.6 Å². The molecule has 3 rings (SSSR count). The second-order valence-electron chi connectivity index (χ2n) is 6.65. The van der Waals surface area contributed by atoms with E-state index in [4.69, 9.17) is 5.73 Å². The van der Waals surface area contributed by atoms with Gasteiger partial charge in [-0.2, -0.15) is 18.3 Å². The lowest BCUT2D eigenvalue weighted by Gasteiger charge is -2.33. The van der Waals surface area contributed by atoms with E-state index < -0.39 is 24.8 Å². The molecule has 3 N–H and O–H groups in total. The number of halogens is 6. The average Bonchev–Trinajstić information content (AvgIpc) is 2.92. The molecule has 0 saturated carbocycles. The van der Waals surface area contributed by atoms with Crippen molar-refractivity contribution in [3.05, 3.63) is 29.5 Å². The monoisotopic (exact) mass is 455 g/mol. The van der Waals surface area contributed by atoms with Crippen molar-refractivity contribution in [2.24, 2.45) is 5.73 Å². The first-order valence-electron chi connectivity index (χ1n) is 8.64. The van der Waals surface area contributed by atoms with Gasteiger partial charge in [0.15, 0.2) is 0 Å². The molecule has 1 aliphatic heterocycles. The Bertz CT molecular complexity index is 875. The van der Waals surface area contributed by atoms with Gasteiger partial charge in [0.05, 0.1) is 24.5 Å². The highest BCUT2D eigenvalue weighted by atomic mass is 35.5. The van der Waals surface area contributed by atoms with E-state index in [1.165, 1.54) is 4.52 Å². The summed E-state index contributed by atoms with van der Waals surface area (Å²) >= 11 is 0. The van der Waals surface area contributed by atoms with Crippen LogP contribution in [0.25, 0.3) is 5.52 Å². The van der Waals surface area contributed by atoms with E-state index in [0.29, 0.717) is 24.3 Å². The number of hydrogen-bond donors (Lipinski definition) is 2. The van der Waals surface area contributed by atoms with Crippen molar-refractivity contribution < 1.29 is 17.6 Å². The smallest absolute Gasteiger partial charge is 0.364 e. The molecule has 0 bridgehead atoms. The molecule has 0 amide bonds. The Morgan fingerprint density at radius 2 is 2.03 bits per heavy atom. The summed E-state index contributed by atoms with van der Waals surface area (Å²) in [7, 11) is 1.85. The Hall–Kier alpha value is -1.73. The number of anilines is 1. The summed E-state index contributed by atoms with van der Waals surface area (Å²) in [5.74, 6) is 5.61. The number of aromatic nitrogens is 2. The number of nitrogens with two attached hydrogens (primary N) is 1. The molecule has 3 heterocycles. The third-order valence-corrected chi connectivity index (χ3v) is 4.52. The van der Waals surface area contributed by atoms with Crippen molar-refractivity contribution in [1.29, 1.82) is 0 Å². The number of fused-ring (bicyclic) bond motifs is 1. The first-order valence-corrected chi connectivity index (χ1v) is 8.64. The third-order valence-electron chi connectivity index (χ3n) is 4.52. The normalized spacial score (nSPS) is 19.7. The van der Waals surface area contributed by atoms with E-state index in [1.807, 2.05) is 11.9 Å². The highest BCUT2D eigenvalue weighted by molar-refractivity contribution is 5.85. The molecule has 0 radical (unpaired) electrons. The zero-order valence-electron chi connectivity index (χ0n) is 15.7. The van der Waals surface area contributed by atoms with Crippen molar-refractivity contribution in [3.63, 3.8) is 0 Å². The van der Waals surface area contributed by atoms with Crippen LogP contribution in [0.1, 0.15) is 17.7 Å². The molecule has 2 aromatic heterocycles. The fraction of sp³-hybridized carbons (Fsp3) is 0.500. The highest BCUT2D eigenvalue weighted by Gasteiger charge is 2.32. The van der Waals surface area contributed by atoms with Crippen LogP contribution in [0.3, 0.4) is 0 Å². The van der Waals surface area contributed by atoms with E-state index in [9.17, 15) is 17.6 Å². The van der Waals surface area contributed by atoms with Crippen molar-refractivity contribution in [3.8, 4) is 11.8 Å². The SMILES string of the molecule is CN1CC[C@@H](Nc2cccc3c(CC(F)(F)F)c(C#CCN)nn23)[C@@H](F)C1.Cl.Cl. The van der Waals surface area contributed by atoms with Crippen LogP contribution >= 0.6 is 24.8 Å². The average molecular weight is 456 g/mol. The minimum absolute atomic E-state index is 0. The van der Waals surface area contributed by atoms with Crippen LogP contribution in [0.2, 0.25) is 0 Å². The summed E-state index contributed by atoms with van der Waals surface area (Å²) < 4.78 is 54.8. The minimum Gasteiger partial charge on any atom is -0.364 e. The first kappa shape index (κ1) is 25.3. The van der Waals surface area contributed by atoms with Crippen LogP contribution < -0.4 is 11.1 Å². The van der Waals surface area contributed by atoms with Crippen molar-refractivity contribution in [1.82, 2.24) is 14.5 Å². The number of hydrogen-bond acceptors (Lipinski definition) is 4. The summed E-state index contributed by atoms with van der Waals surface area (Å²) in [6.45, 7) is 1.06. The van der Waals surface area contributed by atoms with Gasteiger partial charge in [-0.15, -0.1) is 24.8 Å². The number of piperidine rings is 1. The molecule has 11 heteroatoms. The Kier molecular flexibility index (Phi) is 9.03. The predicted octanol–water partition coefficient (Wildman–Crippen LogP) is 3.05. The van der Waals surface area contributed by atoms with E-state index in [1.54, 1.807) is 18.2 Å². The van der Waals surface area contributed by atoms with Gasteiger partial charge in [0, 0.05) is 18.7 Å². The van der Waals surface area contributed by atoms with Crippen molar-refractivity contribution >= 4 is 36.1 Å². The number of pyridine rings is 1. The zero-order valence-corrected chi connectivity index (χ0v) is 17.3. The second kappa shape index (κ2) is 10.3.